The average molecular weight is 436 g/mol. The molecular weight excluding hydrogens is 412 g/mol. The summed E-state index contributed by atoms with van der Waals surface area (Å²) >= 11 is 1.11. The molecule has 0 aliphatic carbocycles. The summed E-state index contributed by atoms with van der Waals surface area (Å²) in [5.74, 6) is 0.507. The van der Waals surface area contributed by atoms with Crippen LogP contribution in [0.4, 0.5) is 5.82 Å². The summed E-state index contributed by atoms with van der Waals surface area (Å²) in [6.07, 6.45) is 0. The fraction of sp³-hybridized carbons (Fsp3) is 0.368. The third kappa shape index (κ3) is 6.69. The third-order valence-corrected chi connectivity index (χ3v) is 4.90. The van der Waals surface area contributed by atoms with Gasteiger partial charge in [0, 0.05) is 11.6 Å². The van der Waals surface area contributed by atoms with Crippen LogP contribution in [-0.4, -0.2) is 47.6 Å². The quantitative estimate of drug-likeness (QED) is 0.508. The van der Waals surface area contributed by atoms with Gasteiger partial charge in [-0.2, -0.15) is 0 Å². The Morgan fingerprint density at radius 3 is 2.60 bits per heavy atom. The van der Waals surface area contributed by atoms with Gasteiger partial charge < -0.3 is 19.3 Å². The highest BCUT2D eigenvalue weighted by molar-refractivity contribution is 8.01. The van der Waals surface area contributed by atoms with Crippen LogP contribution in [0.15, 0.2) is 28.8 Å². The molecule has 1 unspecified atom stereocenters. The molecule has 0 saturated heterocycles. The van der Waals surface area contributed by atoms with Crippen LogP contribution >= 0.6 is 11.8 Å². The number of hydrazine groups is 1. The van der Waals surface area contributed by atoms with Crippen molar-refractivity contribution in [3.63, 3.8) is 0 Å². The Morgan fingerprint density at radius 2 is 1.97 bits per heavy atom. The van der Waals surface area contributed by atoms with Gasteiger partial charge >= 0.3 is 0 Å². The van der Waals surface area contributed by atoms with Crippen molar-refractivity contribution in [3.8, 4) is 11.5 Å². The van der Waals surface area contributed by atoms with Gasteiger partial charge in [-0.1, -0.05) is 5.16 Å². The summed E-state index contributed by atoms with van der Waals surface area (Å²) in [6.45, 7) is 5.67. The molecule has 0 aliphatic heterocycles. The molecule has 1 heterocycles. The molecule has 0 spiro atoms. The first-order chi connectivity index (χ1) is 14.3. The van der Waals surface area contributed by atoms with Crippen molar-refractivity contribution in [2.24, 2.45) is 0 Å². The lowest BCUT2D eigenvalue weighted by Gasteiger charge is -2.12. The summed E-state index contributed by atoms with van der Waals surface area (Å²) in [5.41, 5.74) is 4.93. The Hall–Kier alpha value is -3.21. The number of nitrogens with zero attached hydrogens (tertiary/aromatic N) is 1. The number of amides is 3. The number of benzene rings is 1. The maximum absolute atomic E-state index is 12.2. The van der Waals surface area contributed by atoms with Crippen molar-refractivity contribution in [1.29, 1.82) is 0 Å². The minimum absolute atomic E-state index is 0.0285. The lowest BCUT2D eigenvalue weighted by molar-refractivity contribution is -0.119. The van der Waals surface area contributed by atoms with E-state index in [1.807, 2.05) is 6.92 Å². The molecule has 1 aromatic heterocycles. The van der Waals surface area contributed by atoms with E-state index in [9.17, 15) is 14.4 Å². The first kappa shape index (κ1) is 23.1. The van der Waals surface area contributed by atoms with E-state index < -0.39 is 17.1 Å². The maximum atomic E-state index is 12.2. The van der Waals surface area contributed by atoms with Crippen molar-refractivity contribution in [1.82, 2.24) is 16.0 Å². The maximum Gasteiger partial charge on any atom is 0.269 e. The third-order valence-electron chi connectivity index (χ3n) is 3.75. The van der Waals surface area contributed by atoms with E-state index in [0.717, 1.165) is 11.8 Å². The molecule has 0 aliphatic rings. The topological polar surface area (TPSA) is 132 Å². The van der Waals surface area contributed by atoms with Crippen molar-refractivity contribution in [2.75, 3.05) is 24.8 Å². The molecule has 3 N–H and O–H groups in total. The predicted octanol–water partition coefficient (Wildman–Crippen LogP) is 1.91. The highest BCUT2D eigenvalue weighted by atomic mass is 32.2. The Balaban J connectivity index is 1.78. The number of anilines is 1. The Labute approximate surface area is 178 Å². The Kier molecular flexibility index (Phi) is 8.54. The monoisotopic (exact) mass is 436 g/mol. The summed E-state index contributed by atoms with van der Waals surface area (Å²) in [4.78, 5) is 36.3. The number of carbonyl (C=O) groups is 3. The number of methoxy groups -OCH3 is 1. The standard InChI is InChI=1S/C19H24N4O6S/c1-5-28-14-7-6-13(9-15(14)27-4)19(26)22-21-17(24)10-30-12(3)18(25)20-16-8-11(2)29-23-16/h6-9,12H,5,10H2,1-4H3,(H,21,24)(H,22,26)(H,20,23,25). The van der Waals surface area contributed by atoms with Gasteiger partial charge in [-0.15, -0.1) is 11.8 Å². The van der Waals surface area contributed by atoms with Gasteiger partial charge in [-0.3, -0.25) is 25.2 Å². The molecule has 2 aromatic rings. The normalized spacial score (nSPS) is 11.3. The smallest absolute Gasteiger partial charge is 0.269 e. The predicted molar refractivity (Wildman–Crippen MR) is 112 cm³/mol. The largest absolute Gasteiger partial charge is 0.493 e. The lowest BCUT2D eigenvalue weighted by Crippen LogP contribution is -2.42. The van der Waals surface area contributed by atoms with E-state index >= 15 is 0 Å². The van der Waals surface area contributed by atoms with E-state index in [1.54, 1.807) is 32.0 Å². The number of rotatable bonds is 9. The van der Waals surface area contributed by atoms with Crippen LogP contribution in [0.25, 0.3) is 0 Å². The van der Waals surface area contributed by atoms with Crippen LogP contribution in [0.3, 0.4) is 0 Å². The SMILES string of the molecule is CCOc1ccc(C(=O)NNC(=O)CSC(C)C(=O)Nc2cc(C)on2)cc1OC. The number of carbonyl (C=O) groups excluding carboxylic acids is 3. The molecular formula is C19H24N4O6S. The fourth-order valence-corrected chi connectivity index (χ4v) is 2.93. The summed E-state index contributed by atoms with van der Waals surface area (Å²) in [6, 6.07) is 6.28. The first-order valence-corrected chi connectivity index (χ1v) is 10.1. The number of aryl methyl sites for hydroxylation is 1. The van der Waals surface area contributed by atoms with Crippen LogP contribution in [0.5, 0.6) is 11.5 Å². The number of nitrogens with one attached hydrogen (secondary N) is 3. The molecule has 0 radical (unpaired) electrons. The van der Waals surface area contributed by atoms with Crippen molar-refractivity contribution >= 4 is 35.3 Å². The van der Waals surface area contributed by atoms with E-state index in [4.69, 9.17) is 14.0 Å². The first-order valence-electron chi connectivity index (χ1n) is 9.09. The summed E-state index contributed by atoms with van der Waals surface area (Å²) in [7, 11) is 1.47. The van der Waals surface area contributed by atoms with E-state index in [2.05, 4.69) is 21.3 Å². The highest BCUT2D eigenvalue weighted by Gasteiger charge is 2.17. The molecule has 0 fully saturated rings. The highest BCUT2D eigenvalue weighted by Crippen LogP contribution is 2.27. The van der Waals surface area contributed by atoms with Crippen LogP contribution in [-0.2, 0) is 9.59 Å². The summed E-state index contributed by atoms with van der Waals surface area (Å²) in [5, 5.41) is 5.76. The molecule has 0 bridgehead atoms. The number of hydrogen-bond acceptors (Lipinski definition) is 8. The second-order valence-electron chi connectivity index (χ2n) is 6.07. The number of hydrogen-bond donors (Lipinski definition) is 3. The van der Waals surface area contributed by atoms with E-state index in [0.29, 0.717) is 35.2 Å². The molecule has 1 atom stereocenters. The molecule has 11 heteroatoms. The van der Waals surface area contributed by atoms with Gasteiger partial charge in [0.1, 0.15) is 5.76 Å². The van der Waals surface area contributed by atoms with E-state index in [-0.39, 0.29) is 11.7 Å². The second-order valence-corrected chi connectivity index (χ2v) is 7.40. The average Bonchev–Trinajstić information content (AvgIpc) is 3.15. The zero-order valence-corrected chi connectivity index (χ0v) is 17.9. The zero-order valence-electron chi connectivity index (χ0n) is 17.1. The summed E-state index contributed by atoms with van der Waals surface area (Å²) < 4.78 is 15.5. The van der Waals surface area contributed by atoms with Crippen LogP contribution in [0.2, 0.25) is 0 Å². The van der Waals surface area contributed by atoms with Gasteiger partial charge in [0.25, 0.3) is 5.91 Å². The molecule has 0 saturated carbocycles. The Morgan fingerprint density at radius 1 is 1.20 bits per heavy atom. The Bertz CT molecular complexity index is 901. The van der Waals surface area contributed by atoms with Gasteiger partial charge in [0.2, 0.25) is 11.8 Å². The zero-order chi connectivity index (χ0) is 22.1. The molecule has 1 aromatic carbocycles. The van der Waals surface area contributed by atoms with Crippen molar-refractivity contribution in [2.45, 2.75) is 26.0 Å². The van der Waals surface area contributed by atoms with Crippen molar-refractivity contribution in [3.05, 3.63) is 35.6 Å². The molecule has 162 valence electrons. The minimum atomic E-state index is -0.515. The molecule has 30 heavy (non-hydrogen) atoms. The van der Waals surface area contributed by atoms with E-state index in [1.165, 1.54) is 13.2 Å². The number of ether oxygens (including phenoxy) is 2. The number of thioether (sulfide) groups is 1. The molecule has 3 amide bonds. The number of aromatic nitrogens is 1. The van der Waals surface area contributed by atoms with Crippen LogP contribution < -0.4 is 25.6 Å². The molecule has 10 nitrogen and oxygen atoms in total. The van der Waals surface area contributed by atoms with Crippen molar-refractivity contribution < 1.29 is 28.4 Å². The lowest BCUT2D eigenvalue weighted by atomic mass is 10.2. The van der Waals surface area contributed by atoms with Crippen LogP contribution in [0, 0.1) is 6.92 Å². The molecule has 2 rings (SSSR count). The van der Waals surface area contributed by atoms with Gasteiger partial charge in [0.05, 0.1) is 24.7 Å². The fourth-order valence-electron chi connectivity index (χ4n) is 2.25. The second kappa shape index (κ2) is 11.1. The van der Waals surface area contributed by atoms with Gasteiger partial charge in [-0.25, -0.2) is 0 Å². The van der Waals surface area contributed by atoms with Gasteiger partial charge in [0.15, 0.2) is 17.3 Å². The van der Waals surface area contributed by atoms with Gasteiger partial charge in [-0.05, 0) is 39.0 Å². The minimum Gasteiger partial charge on any atom is -0.493 e. The van der Waals surface area contributed by atoms with Crippen LogP contribution in [0.1, 0.15) is 30.0 Å².